The van der Waals surface area contributed by atoms with Gasteiger partial charge in [-0.05, 0) is 48.9 Å². The van der Waals surface area contributed by atoms with Gasteiger partial charge in [-0.25, -0.2) is 4.68 Å². The largest absolute Gasteiger partial charge is 0.456 e. The summed E-state index contributed by atoms with van der Waals surface area (Å²) in [6, 6.07) is 24.5. The second-order valence-corrected chi connectivity index (χ2v) is 8.28. The van der Waals surface area contributed by atoms with E-state index in [2.05, 4.69) is 5.10 Å². The quantitative estimate of drug-likeness (QED) is 0.289. The summed E-state index contributed by atoms with van der Waals surface area (Å²) in [7, 11) is 0. The van der Waals surface area contributed by atoms with Gasteiger partial charge in [-0.1, -0.05) is 48.0 Å². The number of furan rings is 1. The number of aryl methyl sites for hydroxylation is 1. The molecule has 0 N–H and O–H groups in total. The molecule has 0 fully saturated rings. The summed E-state index contributed by atoms with van der Waals surface area (Å²) >= 11 is 6.23. The molecule has 0 saturated heterocycles. The van der Waals surface area contributed by atoms with Crippen LogP contribution in [0, 0.1) is 6.92 Å². The van der Waals surface area contributed by atoms with Gasteiger partial charge < -0.3 is 8.83 Å². The molecule has 0 aliphatic rings. The number of para-hydroxylation sites is 2. The van der Waals surface area contributed by atoms with E-state index >= 15 is 0 Å². The van der Waals surface area contributed by atoms with Crippen LogP contribution in [0.5, 0.6) is 0 Å². The predicted octanol–water partition coefficient (Wildman–Crippen LogP) is 7.02. The van der Waals surface area contributed by atoms with Crippen LogP contribution < -0.4 is 5.43 Å². The van der Waals surface area contributed by atoms with Gasteiger partial charge in [-0.15, -0.1) is 0 Å². The molecule has 0 aliphatic heterocycles. The van der Waals surface area contributed by atoms with Gasteiger partial charge in [-0.3, -0.25) is 4.79 Å². The molecule has 0 bridgehead atoms. The zero-order chi connectivity index (χ0) is 22.5. The van der Waals surface area contributed by atoms with Gasteiger partial charge in [0.1, 0.15) is 22.6 Å². The molecule has 160 valence electrons. The van der Waals surface area contributed by atoms with Crippen LogP contribution in [0.4, 0.5) is 0 Å². The minimum Gasteiger partial charge on any atom is -0.456 e. The molecule has 6 heteroatoms. The Balaban J connectivity index is 1.64. The molecule has 6 rings (SSSR count). The Kier molecular flexibility index (Phi) is 4.45. The molecule has 0 atom stereocenters. The van der Waals surface area contributed by atoms with E-state index in [1.165, 1.54) is 6.07 Å². The van der Waals surface area contributed by atoms with Crippen LogP contribution in [0.1, 0.15) is 5.56 Å². The zero-order valence-electron chi connectivity index (χ0n) is 17.6. The number of halogens is 1. The lowest BCUT2D eigenvalue weighted by atomic mass is 10.1. The van der Waals surface area contributed by atoms with Crippen LogP contribution in [-0.4, -0.2) is 9.78 Å². The van der Waals surface area contributed by atoms with E-state index in [1.54, 1.807) is 23.0 Å². The van der Waals surface area contributed by atoms with E-state index in [0.29, 0.717) is 38.8 Å². The first-order valence-electron chi connectivity index (χ1n) is 10.5. The van der Waals surface area contributed by atoms with Crippen molar-refractivity contribution in [3.63, 3.8) is 0 Å². The third-order valence-corrected chi connectivity index (χ3v) is 6.11. The van der Waals surface area contributed by atoms with Crippen LogP contribution in [0.15, 0.2) is 98.7 Å². The first-order valence-corrected chi connectivity index (χ1v) is 10.8. The Morgan fingerprint density at radius 1 is 0.848 bits per heavy atom. The highest BCUT2D eigenvalue weighted by Crippen LogP contribution is 2.37. The number of hydrogen-bond donors (Lipinski definition) is 0. The fourth-order valence-electron chi connectivity index (χ4n) is 4.04. The summed E-state index contributed by atoms with van der Waals surface area (Å²) in [5.74, 6) is 1.04. The summed E-state index contributed by atoms with van der Waals surface area (Å²) in [5.41, 5.74) is 4.13. The zero-order valence-corrected chi connectivity index (χ0v) is 18.3. The van der Waals surface area contributed by atoms with E-state index < -0.39 is 0 Å². The average molecular weight is 453 g/mol. The van der Waals surface area contributed by atoms with Gasteiger partial charge in [0, 0.05) is 16.5 Å². The van der Waals surface area contributed by atoms with Crippen molar-refractivity contribution in [2.75, 3.05) is 0 Å². The normalized spacial score (nSPS) is 11.5. The van der Waals surface area contributed by atoms with Crippen molar-refractivity contribution < 1.29 is 8.83 Å². The second-order valence-electron chi connectivity index (χ2n) is 7.88. The maximum atomic E-state index is 12.9. The van der Waals surface area contributed by atoms with Crippen LogP contribution in [0.25, 0.3) is 50.4 Å². The summed E-state index contributed by atoms with van der Waals surface area (Å²) in [5, 5.41) is 6.57. The van der Waals surface area contributed by atoms with Crippen molar-refractivity contribution in [3.8, 4) is 28.5 Å². The third kappa shape index (κ3) is 3.25. The fourth-order valence-corrected chi connectivity index (χ4v) is 4.20. The average Bonchev–Trinajstić information content (AvgIpc) is 3.45. The molecule has 5 nitrogen and oxygen atoms in total. The highest BCUT2D eigenvalue weighted by Gasteiger charge is 2.22. The van der Waals surface area contributed by atoms with E-state index in [9.17, 15) is 4.79 Å². The molecule has 0 saturated carbocycles. The number of benzene rings is 3. The maximum absolute atomic E-state index is 12.9. The van der Waals surface area contributed by atoms with Crippen molar-refractivity contribution >= 4 is 33.5 Å². The highest BCUT2D eigenvalue weighted by molar-refractivity contribution is 6.32. The van der Waals surface area contributed by atoms with Gasteiger partial charge in [0.2, 0.25) is 0 Å². The van der Waals surface area contributed by atoms with Gasteiger partial charge >= 0.3 is 0 Å². The molecule has 0 aliphatic carbocycles. The van der Waals surface area contributed by atoms with Crippen LogP contribution >= 0.6 is 11.6 Å². The lowest BCUT2D eigenvalue weighted by molar-refractivity contribution is 0.613. The summed E-state index contributed by atoms with van der Waals surface area (Å²) in [4.78, 5) is 12.9. The molecular formula is C27H17ClN2O3. The minimum absolute atomic E-state index is 0.170. The summed E-state index contributed by atoms with van der Waals surface area (Å²) < 4.78 is 14.2. The molecule has 0 amide bonds. The predicted molar refractivity (Wildman–Crippen MR) is 130 cm³/mol. The molecule has 0 radical (unpaired) electrons. The summed E-state index contributed by atoms with van der Waals surface area (Å²) in [6.07, 6.45) is 1.70. The van der Waals surface area contributed by atoms with Gasteiger partial charge in [0.05, 0.1) is 22.8 Å². The van der Waals surface area contributed by atoms with E-state index in [0.717, 1.165) is 22.2 Å². The molecule has 0 spiro atoms. The SMILES string of the molecule is Cc1cc2oc(-c3cnn(-c4ccccc4)c3-c3cc4ccccc4o3)cc(=O)c2cc1Cl. The molecule has 0 unspecified atom stereocenters. The third-order valence-electron chi connectivity index (χ3n) is 5.70. The van der Waals surface area contributed by atoms with Crippen molar-refractivity contribution in [3.05, 3.63) is 106 Å². The van der Waals surface area contributed by atoms with Crippen molar-refractivity contribution in [1.29, 1.82) is 0 Å². The smallest absolute Gasteiger partial charge is 0.193 e. The van der Waals surface area contributed by atoms with Gasteiger partial charge in [-0.2, -0.15) is 5.10 Å². The van der Waals surface area contributed by atoms with E-state index in [-0.39, 0.29) is 5.43 Å². The number of hydrogen-bond acceptors (Lipinski definition) is 4. The van der Waals surface area contributed by atoms with Gasteiger partial charge in [0.25, 0.3) is 0 Å². The minimum atomic E-state index is -0.170. The number of nitrogens with zero attached hydrogens (tertiary/aromatic N) is 2. The molecule has 6 aromatic rings. The lowest BCUT2D eigenvalue weighted by Gasteiger charge is -2.08. The van der Waals surface area contributed by atoms with Crippen molar-refractivity contribution in [1.82, 2.24) is 9.78 Å². The van der Waals surface area contributed by atoms with Crippen molar-refractivity contribution in [2.45, 2.75) is 6.92 Å². The number of rotatable bonds is 3. The van der Waals surface area contributed by atoms with Crippen LogP contribution in [-0.2, 0) is 0 Å². The lowest BCUT2D eigenvalue weighted by Crippen LogP contribution is -2.02. The van der Waals surface area contributed by atoms with Crippen LogP contribution in [0.3, 0.4) is 0 Å². The number of aromatic nitrogens is 2. The number of fused-ring (bicyclic) bond motifs is 2. The second kappa shape index (κ2) is 7.50. The topological polar surface area (TPSA) is 61.2 Å². The highest BCUT2D eigenvalue weighted by atomic mass is 35.5. The van der Waals surface area contributed by atoms with Crippen molar-refractivity contribution in [2.24, 2.45) is 0 Å². The Hall–Kier alpha value is -4.09. The first-order chi connectivity index (χ1) is 16.1. The van der Waals surface area contributed by atoms with Crippen LogP contribution in [0.2, 0.25) is 5.02 Å². The standard InChI is InChI=1S/C27H17ClN2O3/c1-16-11-24-19(13-21(16)28)22(31)14-25(33-24)20-15-29-30(18-8-3-2-4-9-18)27(20)26-12-17-7-5-6-10-23(17)32-26/h2-15H,1H3. The molecule has 3 heterocycles. The Labute approximate surface area is 193 Å². The fraction of sp³-hybridized carbons (Fsp3) is 0.0370. The Morgan fingerprint density at radius 3 is 2.42 bits per heavy atom. The monoisotopic (exact) mass is 452 g/mol. The molecule has 3 aromatic carbocycles. The maximum Gasteiger partial charge on any atom is 0.193 e. The Morgan fingerprint density at radius 2 is 1.61 bits per heavy atom. The molecule has 3 aromatic heterocycles. The Bertz CT molecular complexity index is 1680. The van der Waals surface area contributed by atoms with Gasteiger partial charge in [0.15, 0.2) is 11.2 Å². The summed E-state index contributed by atoms with van der Waals surface area (Å²) in [6.45, 7) is 1.88. The molecular weight excluding hydrogens is 436 g/mol. The van der Waals surface area contributed by atoms with E-state index in [4.69, 9.17) is 20.4 Å². The van der Waals surface area contributed by atoms with E-state index in [1.807, 2.05) is 67.6 Å². The molecule has 33 heavy (non-hydrogen) atoms. The first kappa shape index (κ1) is 19.6.